The molecule has 0 saturated carbocycles. The number of hydrogen-bond acceptors (Lipinski definition) is 8. The molecule has 5 N–H and O–H groups in total. The Morgan fingerprint density at radius 1 is 1.28 bits per heavy atom. The second-order valence-electron chi connectivity index (χ2n) is 7.17. The van der Waals surface area contributed by atoms with Crippen molar-refractivity contribution in [2.45, 2.75) is 13.3 Å². The van der Waals surface area contributed by atoms with E-state index in [2.05, 4.69) is 27.3 Å². The standard InChI is InChI=1S/C16H18N4O3.C5H11N.C2H6O/c1-22-6-7-23-15-5-2-11(9-19-15)16(18)13-8-12(20-10-21)3-4-14(13)17;1-5-2-3-6-4-5;1-3-2/h2-5,8-10,18H,6-7,17H2,1H3,(H,20,21);5-6H,2-4H2,1H3;1-2H3. The van der Waals surface area contributed by atoms with Gasteiger partial charge in [0, 0.05) is 56.1 Å². The lowest BCUT2D eigenvalue weighted by atomic mass is 10.0. The van der Waals surface area contributed by atoms with Gasteiger partial charge in [0.15, 0.2) is 0 Å². The van der Waals surface area contributed by atoms with E-state index in [0.29, 0.717) is 48.0 Å². The van der Waals surface area contributed by atoms with Crippen LogP contribution >= 0.6 is 0 Å². The third-order valence-electron chi connectivity index (χ3n) is 4.42. The number of aromatic nitrogens is 1. The van der Waals surface area contributed by atoms with Crippen LogP contribution in [-0.4, -0.2) is 64.7 Å². The lowest BCUT2D eigenvalue weighted by molar-refractivity contribution is -0.105. The van der Waals surface area contributed by atoms with E-state index in [0.717, 1.165) is 5.92 Å². The van der Waals surface area contributed by atoms with Crippen molar-refractivity contribution in [2.24, 2.45) is 5.92 Å². The van der Waals surface area contributed by atoms with Gasteiger partial charge in [0.2, 0.25) is 12.3 Å². The summed E-state index contributed by atoms with van der Waals surface area (Å²) in [6.45, 7) is 5.64. The number of amides is 1. The summed E-state index contributed by atoms with van der Waals surface area (Å²) in [5.41, 5.74) is 8.27. The largest absolute Gasteiger partial charge is 0.475 e. The number of anilines is 2. The quantitative estimate of drug-likeness (QED) is 0.212. The molecule has 9 nitrogen and oxygen atoms in total. The number of benzene rings is 1. The summed E-state index contributed by atoms with van der Waals surface area (Å²) in [6.07, 6.45) is 3.50. The predicted molar refractivity (Wildman–Crippen MR) is 128 cm³/mol. The van der Waals surface area contributed by atoms with Crippen LogP contribution in [0.3, 0.4) is 0 Å². The second kappa shape index (κ2) is 15.7. The number of ether oxygens (including phenoxy) is 3. The molecule has 176 valence electrons. The van der Waals surface area contributed by atoms with E-state index in [-0.39, 0.29) is 5.71 Å². The molecule has 1 aromatic carbocycles. The number of nitrogens with two attached hydrogens (primary N) is 1. The maximum absolute atomic E-state index is 10.5. The Hall–Kier alpha value is -3.01. The highest BCUT2D eigenvalue weighted by atomic mass is 16.5. The van der Waals surface area contributed by atoms with Crippen LogP contribution in [0.15, 0.2) is 36.5 Å². The summed E-state index contributed by atoms with van der Waals surface area (Å²) in [4.78, 5) is 14.7. The van der Waals surface area contributed by atoms with E-state index in [1.807, 2.05) is 0 Å². The Morgan fingerprint density at radius 3 is 2.53 bits per heavy atom. The summed E-state index contributed by atoms with van der Waals surface area (Å²) in [6, 6.07) is 8.38. The first-order valence-corrected chi connectivity index (χ1v) is 10.3. The number of rotatable bonds is 8. The Labute approximate surface area is 190 Å². The van der Waals surface area contributed by atoms with Gasteiger partial charge in [-0.2, -0.15) is 0 Å². The van der Waals surface area contributed by atoms with E-state index >= 15 is 0 Å². The van der Waals surface area contributed by atoms with Crippen LogP contribution in [0.2, 0.25) is 0 Å². The summed E-state index contributed by atoms with van der Waals surface area (Å²) in [7, 11) is 4.85. The first-order chi connectivity index (χ1) is 15.5. The number of nitrogen functional groups attached to an aromatic ring is 1. The molecule has 0 bridgehead atoms. The number of nitrogens with zero attached hydrogens (tertiary/aromatic N) is 1. The molecule has 0 spiro atoms. The van der Waals surface area contributed by atoms with Crippen molar-refractivity contribution in [1.82, 2.24) is 10.3 Å². The highest BCUT2D eigenvalue weighted by molar-refractivity contribution is 6.14. The maximum Gasteiger partial charge on any atom is 0.213 e. The van der Waals surface area contributed by atoms with Crippen molar-refractivity contribution in [3.05, 3.63) is 47.7 Å². The molecular formula is C23H35N5O4. The smallest absolute Gasteiger partial charge is 0.213 e. The van der Waals surface area contributed by atoms with Gasteiger partial charge >= 0.3 is 0 Å². The highest BCUT2D eigenvalue weighted by Crippen LogP contribution is 2.21. The molecule has 1 amide bonds. The van der Waals surface area contributed by atoms with Crippen LogP contribution in [-0.2, 0) is 14.3 Å². The van der Waals surface area contributed by atoms with Crippen molar-refractivity contribution in [1.29, 1.82) is 5.41 Å². The Morgan fingerprint density at radius 2 is 2.03 bits per heavy atom. The van der Waals surface area contributed by atoms with Gasteiger partial charge in [-0.1, -0.05) is 6.92 Å². The number of carbonyl (C=O) groups is 1. The average molecular weight is 446 g/mol. The van der Waals surface area contributed by atoms with E-state index in [9.17, 15) is 4.79 Å². The maximum atomic E-state index is 10.5. The lowest BCUT2D eigenvalue weighted by Gasteiger charge is -2.10. The van der Waals surface area contributed by atoms with Gasteiger partial charge in [0.05, 0.1) is 12.3 Å². The zero-order valence-corrected chi connectivity index (χ0v) is 19.3. The number of pyridine rings is 1. The predicted octanol–water partition coefficient (Wildman–Crippen LogP) is 2.55. The van der Waals surface area contributed by atoms with Crippen LogP contribution in [0.5, 0.6) is 5.88 Å². The minimum absolute atomic E-state index is 0.216. The molecule has 3 rings (SSSR count). The molecule has 9 heteroatoms. The van der Waals surface area contributed by atoms with Crippen molar-refractivity contribution in [3.8, 4) is 5.88 Å². The fraction of sp³-hybridized carbons (Fsp3) is 0.435. The normalized spacial score (nSPS) is 14.3. The topological polar surface area (TPSA) is 132 Å². The summed E-state index contributed by atoms with van der Waals surface area (Å²) in [5, 5.41) is 14.1. The Kier molecular flexibility index (Phi) is 13.3. The highest BCUT2D eigenvalue weighted by Gasteiger charge is 2.10. The molecule has 1 unspecified atom stereocenters. The van der Waals surface area contributed by atoms with Crippen LogP contribution in [0.25, 0.3) is 0 Å². The lowest BCUT2D eigenvalue weighted by Crippen LogP contribution is -2.08. The fourth-order valence-corrected chi connectivity index (χ4v) is 2.73. The SMILES string of the molecule is CC1CCNC1.COC.COCCOc1ccc(C(=N)c2cc(NC=O)ccc2N)cn1. The third kappa shape index (κ3) is 9.86. The van der Waals surface area contributed by atoms with Gasteiger partial charge < -0.3 is 30.6 Å². The van der Waals surface area contributed by atoms with Crippen LogP contribution < -0.4 is 21.1 Å². The molecule has 1 fully saturated rings. The third-order valence-corrected chi connectivity index (χ3v) is 4.42. The number of carbonyl (C=O) groups excluding carboxylic acids is 1. The van der Waals surface area contributed by atoms with Crippen LogP contribution in [0, 0.1) is 11.3 Å². The molecule has 1 aliphatic rings. The summed E-state index contributed by atoms with van der Waals surface area (Å²) in [5.74, 6) is 1.40. The Bertz CT molecular complexity index is 809. The summed E-state index contributed by atoms with van der Waals surface area (Å²) < 4.78 is 14.5. The molecule has 1 atom stereocenters. The van der Waals surface area contributed by atoms with E-state index in [1.165, 1.54) is 19.5 Å². The Balaban J connectivity index is 0.000000475. The van der Waals surface area contributed by atoms with E-state index in [4.69, 9.17) is 20.6 Å². The number of methoxy groups -OCH3 is 2. The van der Waals surface area contributed by atoms with E-state index in [1.54, 1.807) is 57.9 Å². The van der Waals surface area contributed by atoms with Crippen LogP contribution in [0.4, 0.5) is 11.4 Å². The fourth-order valence-electron chi connectivity index (χ4n) is 2.73. The van der Waals surface area contributed by atoms with Gasteiger partial charge in [-0.15, -0.1) is 0 Å². The zero-order valence-electron chi connectivity index (χ0n) is 19.3. The molecule has 0 radical (unpaired) electrons. The van der Waals surface area contributed by atoms with Crippen LogP contribution in [0.1, 0.15) is 24.5 Å². The van der Waals surface area contributed by atoms with Crippen molar-refractivity contribution in [3.63, 3.8) is 0 Å². The first-order valence-electron chi connectivity index (χ1n) is 10.3. The molecule has 32 heavy (non-hydrogen) atoms. The minimum atomic E-state index is 0.216. The van der Waals surface area contributed by atoms with Gasteiger partial charge in [0.1, 0.15) is 6.61 Å². The second-order valence-corrected chi connectivity index (χ2v) is 7.17. The monoisotopic (exact) mass is 445 g/mol. The molecule has 1 saturated heterocycles. The minimum Gasteiger partial charge on any atom is -0.475 e. The van der Waals surface area contributed by atoms with E-state index < -0.39 is 0 Å². The van der Waals surface area contributed by atoms with Crippen molar-refractivity contribution in [2.75, 3.05) is 58.7 Å². The molecule has 2 heterocycles. The van der Waals surface area contributed by atoms with Crippen molar-refractivity contribution >= 4 is 23.5 Å². The summed E-state index contributed by atoms with van der Waals surface area (Å²) >= 11 is 0. The van der Waals surface area contributed by atoms with Gasteiger partial charge in [-0.25, -0.2) is 4.98 Å². The molecule has 2 aromatic rings. The van der Waals surface area contributed by atoms with Gasteiger partial charge in [0.25, 0.3) is 0 Å². The van der Waals surface area contributed by atoms with Gasteiger partial charge in [-0.3, -0.25) is 10.2 Å². The molecule has 1 aliphatic heterocycles. The molecular weight excluding hydrogens is 410 g/mol. The average Bonchev–Trinajstić information content (AvgIpc) is 3.27. The van der Waals surface area contributed by atoms with Gasteiger partial charge in [-0.05, 0) is 49.7 Å². The zero-order chi connectivity index (χ0) is 23.8. The molecule has 1 aromatic heterocycles. The number of nitrogens with one attached hydrogen (secondary N) is 3. The molecule has 0 aliphatic carbocycles. The van der Waals surface area contributed by atoms with Crippen molar-refractivity contribution < 1.29 is 19.0 Å². The number of hydrogen-bond donors (Lipinski definition) is 4. The first kappa shape index (κ1) is 27.0.